The minimum atomic E-state index is -4.61. The van der Waals surface area contributed by atoms with Crippen molar-refractivity contribution in [1.29, 1.82) is 0 Å². The molecule has 3 aromatic heterocycles. The van der Waals surface area contributed by atoms with Gasteiger partial charge in [0.1, 0.15) is 12.8 Å². The van der Waals surface area contributed by atoms with Crippen molar-refractivity contribution < 1.29 is 27.1 Å². The second kappa shape index (κ2) is 11.2. The molecular formula is C23H24F4N6O2S. The number of halogens is 4. The Morgan fingerprint density at radius 1 is 1.22 bits per heavy atom. The lowest BCUT2D eigenvalue weighted by Gasteiger charge is -2.31. The average molecular weight is 525 g/mol. The molecule has 1 fully saturated rings. The number of rotatable bonds is 8. The number of hydrogen-bond acceptors (Lipinski definition) is 8. The standard InChI is InChI=1S/C23H24F4N6O2S/c1-14-21(18(36-32-14)10-16-11-28-13-19(30-16)23(25,26)27)22(34)31-15-2-3-20(29-12-15)35-17-4-7-33(8-5-17)9-6-24/h2-3,11-13,17H,4-10H2,1H3,(H,31,34). The van der Waals surface area contributed by atoms with Crippen molar-refractivity contribution in [3.05, 3.63) is 58.2 Å². The van der Waals surface area contributed by atoms with Crippen molar-refractivity contribution in [2.75, 3.05) is 31.6 Å². The lowest BCUT2D eigenvalue weighted by molar-refractivity contribution is -0.141. The molecule has 0 spiro atoms. The van der Waals surface area contributed by atoms with Gasteiger partial charge in [0.25, 0.3) is 5.91 Å². The molecule has 1 aliphatic rings. The molecule has 1 amide bonds. The normalized spacial score (nSPS) is 15.1. The van der Waals surface area contributed by atoms with Gasteiger partial charge in [0.05, 0.1) is 35.0 Å². The fourth-order valence-corrected chi connectivity index (χ4v) is 4.76. The zero-order valence-corrected chi connectivity index (χ0v) is 20.2. The molecule has 4 heterocycles. The maximum atomic E-state index is 13.0. The zero-order valence-electron chi connectivity index (χ0n) is 19.4. The van der Waals surface area contributed by atoms with Crippen molar-refractivity contribution in [3.8, 4) is 5.88 Å². The van der Waals surface area contributed by atoms with Gasteiger partial charge in [-0.25, -0.2) is 14.4 Å². The highest BCUT2D eigenvalue weighted by molar-refractivity contribution is 7.06. The van der Waals surface area contributed by atoms with E-state index in [-0.39, 0.29) is 30.5 Å². The van der Waals surface area contributed by atoms with Crippen molar-refractivity contribution in [3.63, 3.8) is 0 Å². The van der Waals surface area contributed by atoms with E-state index in [1.807, 2.05) is 0 Å². The summed E-state index contributed by atoms with van der Waals surface area (Å²) in [4.78, 5) is 27.0. The van der Waals surface area contributed by atoms with Gasteiger partial charge in [-0.2, -0.15) is 17.5 Å². The molecule has 4 rings (SSSR count). The van der Waals surface area contributed by atoms with Crippen molar-refractivity contribution in [2.24, 2.45) is 0 Å². The summed E-state index contributed by atoms with van der Waals surface area (Å²) in [5.41, 5.74) is 0.159. The van der Waals surface area contributed by atoms with Gasteiger partial charge in [0, 0.05) is 43.2 Å². The number of nitrogens with zero attached hydrogens (tertiary/aromatic N) is 5. The van der Waals surface area contributed by atoms with E-state index in [4.69, 9.17) is 4.74 Å². The highest BCUT2D eigenvalue weighted by atomic mass is 32.1. The number of aromatic nitrogens is 4. The van der Waals surface area contributed by atoms with E-state index in [1.54, 1.807) is 19.1 Å². The molecule has 36 heavy (non-hydrogen) atoms. The average Bonchev–Trinajstić information content (AvgIpc) is 3.21. The zero-order chi connectivity index (χ0) is 25.7. The molecule has 8 nitrogen and oxygen atoms in total. The number of likely N-dealkylation sites (tertiary alicyclic amines) is 1. The first-order valence-corrected chi connectivity index (χ1v) is 12.1. The molecule has 0 radical (unpaired) electrons. The monoisotopic (exact) mass is 524 g/mol. The summed E-state index contributed by atoms with van der Waals surface area (Å²) in [7, 11) is 0. The molecule has 1 saturated heterocycles. The van der Waals surface area contributed by atoms with Crippen molar-refractivity contribution in [1.82, 2.24) is 24.2 Å². The molecule has 0 atom stereocenters. The fraction of sp³-hybridized carbons (Fsp3) is 0.435. The molecule has 0 unspecified atom stereocenters. The smallest absolute Gasteiger partial charge is 0.434 e. The van der Waals surface area contributed by atoms with Gasteiger partial charge in [0.2, 0.25) is 5.88 Å². The lowest BCUT2D eigenvalue weighted by Crippen LogP contribution is -2.39. The minimum absolute atomic E-state index is 0.00478. The van der Waals surface area contributed by atoms with Crippen LogP contribution < -0.4 is 10.1 Å². The molecular weight excluding hydrogens is 500 g/mol. The number of carbonyl (C=O) groups excluding carboxylic acids is 1. The highest BCUT2D eigenvalue weighted by Gasteiger charge is 2.33. The van der Waals surface area contributed by atoms with E-state index in [2.05, 4.69) is 29.5 Å². The number of ether oxygens (including phenoxy) is 1. The fourth-order valence-electron chi connectivity index (χ4n) is 3.88. The Morgan fingerprint density at radius 2 is 2.00 bits per heavy atom. The van der Waals surface area contributed by atoms with Crippen LogP contribution in [0.1, 0.15) is 45.2 Å². The molecule has 0 aliphatic carbocycles. The number of alkyl halides is 4. The van der Waals surface area contributed by atoms with Crippen LogP contribution in [0.3, 0.4) is 0 Å². The van der Waals surface area contributed by atoms with Crippen LogP contribution in [0.5, 0.6) is 5.88 Å². The number of nitrogens with one attached hydrogen (secondary N) is 1. The summed E-state index contributed by atoms with van der Waals surface area (Å²) < 4.78 is 61.5. The van der Waals surface area contributed by atoms with E-state index < -0.39 is 17.8 Å². The Labute approximate surface area is 208 Å². The maximum Gasteiger partial charge on any atom is 0.434 e. The van der Waals surface area contributed by atoms with Crippen LogP contribution in [0.2, 0.25) is 0 Å². The molecule has 0 saturated carbocycles. The summed E-state index contributed by atoms with van der Waals surface area (Å²) in [5, 5.41) is 2.75. The number of amides is 1. The van der Waals surface area contributed by atoms with Crippen LogP contribution in [-0.4, -0.2) is 62.5 Å². The molecule has 0 aromatic carbocycles. The predicted molar refractivity (Wildman–Crippen MR) is 125 cm³/mol. The lowest BCUT2D eigenvalue weighted by atomic mass is 10.1. The molecule has 3 aromatic rings. The first-order chi connectivity index (χ1) is 17.2. The third kappa shape index (κ3) is 6.52. The number of hydrogen-bond donors (Lipinski definition) is 1. The number of piperidine rings is 1. The van der Waals surface area contributed by atoms with Gasteiger partial charge >= 0.3 is 6.18 Å². The van der Waals surface area contributed by atoms with Crippen LogP contribution in [0.25, 0.3) is 0 Å². The quantitative estimate of drug-likeness (QED) is 0.439. The van der Waals surface area contributed by atoms with Crippen LogP contribution in [-0.2, 0) is 12.6 Å². The number of aryl methyl sites for hydroxylation is 1. The van der Waals surface area contributed by atoms with Crippen LogP contribution in [0, 0.1) is 6.92 Å². The summed E-state index contributed by atoms with van der Waals surface area (Å²) in [6, 6.07) is 3.31. The van der Waals surface area contributed by atoms with E-state index in [0.29, 0.717) is 34.9 Å². The Kier molecular flexibility index (Phi) is 8.09. The molecule has 1 aliphatic heterocycles. The van der Waals surface area contributed by atoms with Gasteiger partial charge in [0.15, 0.2) is 5.69 Å². The molecule has 0 bridgehead atoms. The Morgan fingerprint density at radius 3 is 2.67 bits per heavy atom. The van der Waals surface area contributed by atoms with Gasteiger partial charge in [-0.05, 0) is 37.4 Å². The summed E-state index contributed by atoms with van der Waals surface area (Å²) in [6.07, 6.45) is 0.300. The Bertz CT molecular complexity index is 1180. The Hall–Kier alpha value is -3.19. The van der Waals surface area contributed by atoms with Crippen LogP contribution in [0.4, 0.5) is 23.2 Å². The second-order valence-electron chi connectivity index (χ2n) is 8.32. The summed E-state index contributed by atoms with van der Waals surface area (Å²) in [5.74, 6) is -0.0268. The van der Waals surface area contributed by atoms with Crippen LogP contribution in [0.15, 0.2) is 30.7 Å². The Balaban J connectivity index is 1.38. The summed E-state index contributed by atoms with van der Waals surface area (Å²) >= 11 is 1.03. The second-order valence-corrected chi connectivity index (χ2v) is 9.18. The molecule has 13 heteroatoms. The third-order valence-corrected chi connectivity index (χ3v) is 6.63. The first kappa shape index (κ1) is 25.9. The highest BCUT2D eigenvalue weighted by Crippen LogP contribution is 2.28. The summed E-state index contributed by atoms with van der Waals surface area (Å²) in [6.45, 7) is 3.27. The largest absolute Gasteiger partial charge is 0.474 e. The van der Waals surface area contributed by atoms with Crippen LogP contribution >= 0.6 is 11.5 Å². The third-order valence-electron chi connectivity index (χ3n) is 5.69. The van der Waals surface area contributed by atoms with Crippen molar-refractivity contribution >= 4 is 23.1 Å². The SMILES string of the molecule is Cc1nsc(Cc2cncc(C(F)(F)F)n2)c1C(=O)Nc1ccc(OC2CCN(CCF)CC2)nc1. The number of anilines is 1. The van der Waals surface area contributed by atoms with Gasteiger partial charge in [-0.15, -0.1) is 0 Å². The van der Waals surface area contributed by atoms with Crippen molar-refractivity contribution in [2.45, 2.75) is 38.5 Å². The molecule has 1 N–H and O–H groups in total. The van der Waals surface area contributed by atoms with E-state index in [0.717, 1.165) is 37.5 Å². The van der Waals surface area contributed by atoms with Gasteiger partial charge < -0.3 is 15.0 Å². The van der Waals surface area contributed by atoms with Gasteiger partial charge in [-0.1, -0.05) is 0 Å². The van der Waals surface area contributed by atoms with Gasteiger partial charge in [-0.3, -0.25) is 9.78 Å². The minimum Gasteiger partial charge on any atom is -0.474 e. The maximum absolute atomic E-state index is 13.0. The number of pyridine rings is 1. The molecule has 192 valence electrons. The topological polar surface area (TPSA) is 93.1 Å². The van der Waals surface area contributed by atoms with E-state index in [1.165, 1.54) is 12.4 Å². The van der Waals surface area contributed by atoms with E-state index in [9.17, 15) is 22.4 Å². The predicted octanol–water partition coefficient (Wildman–Crippen LogP) is 4.31. The first-order valence-electron chi connectivity index (χ1n) is 11.3. The number of carbonyl (C=O) groups is 1. The van der Waals surface area contributed by atoms with E-state index >= 15 is 0 Å².